The van der Waals surface area contributed by atoms with Crippen molar-refractivity contribution >= 4 is 11.8 Å². The Morgan fingerprint density at radius 2 is 1.95 bits per heavy atom. The van der Waals surface area contributed by atoms with E-state index in [1.807, 2.05) is 29.8 Å². The zero-order chi connectivity index (χ0) is 15.4. The van der Waals surface area contributed by atoms with Gasteiger partial charge >= 0.3 is 0 Å². The van der Waals surface area contributed by atoms with Gasteiger partial charge < -0.3 is 0 Å². The highest BCUT2D eigenvalue weighted by atomic mass is 32.2. The second kappa shape index (κ2) is 6.97. The SMILES string of the molecule is CC(C#N)Sc1nc(C2CCCCC2)n(-c2ccccc2)n1. The fraction of sp³-hybridized carbons (Fsp3) is 0.471. The normalized spacial score (nSPS) is 17.1. The average Bonchev–Trinajstić information content (AvgIpc) is 3.00. The lowest BCUT2D eigenvalue weighted by molar-refractivity contribution is 0.422. The Balaban J connectivity index is 1.96. The molecule has 1 saturated carbocycles. The van der Waals surface area contributed by atoms with E-state index in [0.717, 1.165) is 11.5 Å². The van der Waals surface area contributed by atoms with Crippen molar-refractivity contribution in [2.45, 2.75) is 55.4 Å². The summed E-state index contributed by atoms with van der Waals surface area (Å²) in [6.45, 7) is 1.88. The summed E-state index contributed by atoms with van der Waals surface area (Å²) in [4.78, 5) is 4.76. The van der Waals surface area contributed by atoms with E-state index in [9.17, 15) is 0 Å². The predicted molar refractivity (Wildman–Crippen MR) is 88.1 cm³/mol. The Morgan fingerprint density at radius 1 is 1.23 bits per heavy atom. The number of benzene rings is 1. The molecule has 1 fully saturated rings. The van der Waals surface area contributed by atoms with Crippen molar-refractivity contribution in [2.75, 3.05) is 0 Å². The van der Waals surface area contributed by atoms with Gasteiger partial charge in [0.25, 0.3) is 0 Å². The van der Waals surface area contributed by atoms with Gasteiger partial charge in [-0.2, -0.15) is 5.26 Å². The van der Waals surface area contributed by atoms with Crippen molar-refractivity contribution in [1.82, 2.24) is 14.8 Å². The Labute approximate surface area is 135 Å². The van der Waals surface area contributed by atoms with Crippen molar-refractivity contribution in [1.29, 1.82) is 5.26 Å². The second-order valence-corrected chi connectivity index (χ2v) is 7.03. The zero-order valence-electron chi connectivity index (χ0n) is 12.8. The van der Waals surface area contributed by atoms with Crippen LogP contribution in [0.15, 0.2) is 35.5 Å². The van der Waals surface area contributed by atoms with Crippen LogP contribution in [0.4, 0.5) is 0 Å². The number of nitrogens with zero attached hydrogens (tertiary/aromatic N) is 4. The Bertz CT molecular complexity index is 653. The molecule has 1 unspecified atom stereocenters. The van der Waals surface area contributed by atoms with Gasteiger partial charge in [-0.3, -0.25) is 0 Å². The highest BCUT2D eigenvalue weighted by Gasteiger charge is 2.24. The molecule has 1 aliphatic rings. The largest absolute Gasteiger partial charge is 0.216 e. The van der Waals surface area contributed by atoms with E-state index >= 15 is 0 Å². The quantitative estimate of drug-likeness (QED) is 0.789. The monoisotopic (exact) mass is 312 g/mol. The molecule has 1 aromatic carbocycles. The van der Waals surface area contributed by atoms with E-state index in [4.69, 9.17) is 10.2 Å². The third-order valence-electron chi connectivity index (χ3n) is 4.05. The predicted octanol–water partition coefficient (Wildman–Crippen LogP) is 4.32. The molecule has 114 valence electrons. The fourth-order valence-electron chi connectivity index (χ4n) is 2.92. The molecule has 0 saturated heterocycles. The summed E-state index contributed by atoms with van der Waals surface area (Å²) in [5.41, 5.74) is 1.05. The van der Waals surface area contributed by atoms with E-state index < -0.39 is 0 Å². The first-order valence-corrected chi connectivity index (χ1v) is 8.74. The van der Waals surface area contributed by atoms with Crippen molar-refractivity contribution in [3.05, 3.63) is 36.2 Å². The summed E-state index contributed by atoms with van der Waals surface area (Å²) in [5, 5.41) is 14.2. The summed E-state index contributed by atoms with van der Waals surface area (Å²) in [7, 11) is 0. The average molecular weight is 312 g/mol. The smallest absolute Gasteiger partial charge is 0.210 e. The van der Waals surface area contributed by atoms with Crippen LogP contribution in [0.3, 0.4) is 0 Å². The van der Waals surface area contributed by atoms with E-state index in [1.165, 1.54) is 43.9 Å². The number of nitriles is 1. The Hall–Kier alpha value is -1.80. The van der Waals surface area contributed by atoms with Crippen LogP contribution in [0.2, 0.25) is 0 Å². The van der Waals surface area contributed by atoms with Crippen LogP contribution in [-0.4, -0.2) is 20.0 Å². The molecule has 1 aliphatic carbocycles. The molecule has 0 amide bonds. The zero-order valence-corrected chi connectivity index (χ0v) is 13.6. The summed E-state index contributed by atoms with van der Waals surface area (Å²) in [5.74, 6) is 1.53. The van der Waals surface area contributed by atoms with E-state index in [2.05, 4.69) is 23.3 Å². The lowest BCUT2D eigenvalue weighted by Gasteiger charge is -2.21. The molecule has 1 heterocycles. The minimum atomic E-state index is -0.133. The molecule has 22 heavy (non-hydrogen) atoms. The van der Waals surface area contributed by atoms with Gasteiger partial charge in [0.1, 0.15) is 5.82 Å². The molecule has 3 rings (SSSR count). The van der Waals surface area contributed by atoms with Crippen LogP contribution >= 0.6 is 11.8 Å². The third kappa shape index (κ3) is 3.33. The van der Waals surface area contributed by atoms with Gasteiger partial charge in [-0.25, -0.2) is 9.67 Å². The maximum atomic E-state index is 9.00. The summed E-state index contributed by atoms with van der Waals surface area (Å²) in [6, 6.07) is 12.4. The van der Waals surface area contributed by atoms with Gasteiger partial charge in [0.2, 0.25) is 5.16 Å². The summed E-state index contributed by atoms with van der Waals surface area (Å²) in [6.07, 6.45) is 6.22. The molecular weight excluding hydrogens is 292 g/mol. The molecule has 0 radical (unpaired) electrons. The molecule has 0 spiro atoms. The first kappa shape index (κ1) is 15.1. The van der Waals surface area contributed by atoms with Crippen LogP contribution in [0.5, 0.6) is 0 Å². The lowest BCUT2D eigenvalue weighted by atomic mass is 9.88. The van der Waals surface area contributed by atoms with Crippen molar-refractivity contribution in [3.63, 3.8) is 0 Å². The number of aromatic nitrogens is 3. The van der Waals surface area contributed by atoms with Gasteiger partial charge in [0.15, 0.2) is 0 Å². The van der Waals surface area contributed by atoms with Crippen molar-refractivity contribution in [2.24, 2.45) is 0 Å². The van der Waals surface area contributed by atoms with Crippen LogP contribution in [0, 0.1) is 11.3 Å². The maximum absolute atomic E-state index is 9.00. The molecular formula is C17H20N4S. The van der Waals surface area contributed by atoms with Crippen LogP contribution in [0.1, 0.15) is 50.8 Å². The van der Waals surface area contributed by atoms with Crippen LogP contribution in [-0.2, 0) is 0 Å². The highest BCUT2D eigenvalue weighted by molar-refractivity contribution is 7.99. The third-order valence-corrected chi connectivity index (χ3v) is 4.89. The molecule has 5 heteroatoms. The van der Waals surface area contributed by atoms with Crippen LogP contribution in [0.25, 0.3) is 5.69 Å². The minimum absolute atomic E-state index is 0.133. The first-order valence-electron chi connectivity index (χ1n) is 7.86. The standard InChI is InChI=1S/C17H20N4S/c1-13(12-18)22-17-19-16(14-8-4-2-5-9-14)21(20-17)15-10-6-3-7-11-15/h3,6-7,10-11,13-14H,2,4-5,8-9H2,1H3. The van der Waals surface area contributed by atoms with Gasteiger partial charge in [-0.1, -0.05) is 49.2 Å². The molecule has 0 aliphatic heterocycles. The van der Waals surface area contributed by atoms with Gasteiger partial charge in [-0.15, -0.1) is 5.10 Å². The first-order chi connectivity index (χ1) is 10.8. The number of hydrogen-bond acceptors (Lipinski definition) is 4. The lowest BCUT2D eigenvalue weighted by Crippen LogP contribution is -2.12. The maximum Gasteiger partial charge on any atom is 0.210 e. The van der Waals surface area contributed by atoms with Crippen molar-refractivity contribution in [3.8, 4) is 11.8 Å². The molecule has 1 aromatic heterocycles. The fourth-order valence-corrected chi connectivity index (χ4v) is 3.57. The minimum Gasteiger partial charge on any atom is -0.216 e. The van der Waals surface area contributed by atoms with Gasteiger partial charge in [0.05, 0.1) is 17.0 Å². The molecule has 0 N–H and O–H groups in total. The second-order valence-electron chi connectivity index (χ2n) is 5.72. The van der Waals surface area contributed by atoms with Gasteiger partial charge in [-0.05, 0) is 31.9 Å². The topological polar surface area (TPSA) is 54.5 Å². The molecule has 1 atom stereocenters. The summed E-state index contributed by atoms with van der Waals surface area (Å²) >= 11 is 1.43. The molecule has 2 aromatic rings. The van der Waals surface area contributed by atoms with E-state index in [-0.39, 0.29) is 5.25 Å². The molecule has 0 bridgehead atoms. The number of hydrogen-bond donors (Lipinski definition) is 0. The number of rotatable bonds is 4. The van der Waals surface area contributed by atoms with Crippen LogP contribution < -0.4 is 0 Å². The number of thioether (sulfide) groups is 1. The summed E-state index contributed by atoms with van der Waals surface area (Å²) < 4.78 is 1.97. The van der Waals surface area contributed by atoms with E-state index in [1.54, 1.807) is 0 Å². The van der Waals surface area contributed by atoms with Gasteiger partial charge in [0, 0.05) is 5.92 Å². The Morgan fingerprint density at radius 3 is 2.64 bits per heavy atom. The van der Waals surface area contributed by atoms with E-state index in [0.29, 0.717) is 11.1 Å². The van der Waals surface area contributed by atoms with Crippen molar-refractivity contribution < 1.29 is 0 Å². The number of para-hydroxylation sites is 1. The highest BCUT2D eigenvalue weighted by Crippen LogP contribution is 2.34. The molecule has 4 nitrogen and oxygen atoms in total. The Kier molecular flexibility index (Phi) is 4.79.